The molecule has 4 nitrogen and oxygen atoms in total. The number of hydrogen-bond donors (Lipinski definition) is 2. The summed E-state index contributed by atoms with van der Waals surface area (Å²) < 4.78 is 5.70. The van der Waals surface area contributed by atoms with Crippen LogP contribution in [0.5, 0.6) is 5.75 Å². The smallest absolute Gasteiger partial charge is 0.303 e. The minimum atomic E-state index is -0.691. The average molecular weight is 354 g/mol. The maximum atomic E-state index is 10.5. The molecule has 0 saturated carbocycles. The van der Waals surface area contributed by atoms with Crippen LogP contribution in [-0.2, 0) is 24.1 Å². The molecule has 0 saturated heterocycles. The third kappa shape index (κ3) is 4.87. The normalized spacial score (nSPS) is 19.6. The molecule has 1 heterocycles. The van der Waals surface area contributed by atoms with E-state index in [0.29, 0.717) is 12.1 Å². The second kappa shape index (κ2) is 8.72. The standard InChI is InChI=1S/C19H27NO3.ClH/c1-13(4-2-3-5-19(21)22)20-17-7-6-14-10-15-8-9-23-18(15)12-16(14)11-17;/h10,12-13,17,20H,2-9,11H2,1H3,(H,21,22);1H. The highest BCUT2D eigenvalue weighted by Gasteiger charge is 2.23. The topological polar surface area (TPSA) is 58.6 Å². The van der Waals surface area contributed by atoms with E-state index in [-0.39, 0.29) is 18.8 Å². The number of rotatable bonds is 7. The van der Waals surface area contributed by atoms with E-state index >= 15 is 0 Å². The monoisotopic (exact) mass is 353 g/mol. The SMILES string of the molecule is CC(CCCCC(=O)O)NC1CCc2cc3c(cc2C1)OCC3.Cl. The molecule has 0 bridgehead atoms. The van der Waals surface area contributed by atoms with Crippen LogP contribution in [0, 0.1) is 0 Å². The molecule has 24 heavy (non-hydrogen) atoms. The van der Waals surface area contributed by atoms with Crippen LogP contribution in [0.15, 0.2) is 12.1 Å². The minimum Gasteiger partial charge on any atom is -0.493 e. The van der Waals surface area contributed by atoms with Crippen molar-refractivity contribution in [3.05, 3.63) is 28.8 Å². The highest BCUT2D eigenvalue weighted by Crippen LogP contribution is 2.32. The summed E-state index contributed by atoms with van der Waals surface area (Å²) in [6.07, 6.45) is 7.54. The summed E-state index contributed by atoms with van der Waals surface area (Å²) in [5.74, 6) is 0.398. The highest BCUT2D eigenvalue weighted by molar-refractivity contribution is 5.85. The Labute approximate surface area is 150 Å². The molecule has 2 aliphatic rings. The Balaban J connectivity index is 0.00000208. The molecule has 134 valence electrons. The van der Waals surface area contributed by atoms with Crippen LogP contribution in [0.4, 0.5) is 0 Å². The molecule has 5 heteroatoms. The van der Waals surface area contributed by atoms with Crippen molar-refractivity contribution in [2.24, 2.45) is 0 Å². The number of carboxylic acid groups (broad SMARTS) is 1. The third-order valence-corrected chi connectivity index (χ3v) is 5.04. The Kier molecular flexibility index (Phi) is 6.93. The number of nitrogens with one attached hydrogen (secondary N) is 1. The molecule has 1 aliphatic carbocycles. The van der Waals surface area contributed by atoms with E-state index in [0.717, 1.165) is 50.9 Å². The van der Waals surface area contributed by atoms with Gasteiger partial charge in [0.2, 0.25) is 0 Å². The number of unbranched alkanes of at least 4 members (excludes halogenated alkanes) is 1. The van der Waals surface area contributed by atoms with E-state index in [1.165, 1.54) is 23.1 Å². The van der Waals surface area contributed by atoms with Gasteiger partial charge >= 0.3 is 5.97 Å². The Morgan fingerprint density at radius 2 is 2.12 bits per heavy atom. The third-order valence-electron chi connectivity index (χ3n) is 5.04. The fraction of sp³-hybridized carbons (Fsp3) is 0.632. The summed E-state index contributed by atoms with van der Waals surface area (Å²) in [5, 5.41) is 12.4. The Bertz CT molecular complexity index is 576. The van der Waals surface area contributed by atoms with Crippen molar-refractivity contribution in [3.8, 4) is 5.75 Å². The fourth-order valence-corrected chi connectivity index (χ4v) is 3.79. The molecule has 1 aliphatic heterocycles. The molecule has 0 radical (unpaired) electrons. The van der Waals surface area contributed by atoms with Gasteiger partial charge in [0, 0.05) is 24.9 Å². The second-order valence-corrected chi connectivity index (χ2v) is 6.97. The van der Waals surface area contributed by atoms with E-state index in [9.17, 15) is 4.79 Å². The van der Waals surface area contributed by atoms with Crippen molar-refractivity contribution < 1.29 is 14.6 Å². The number of halogens is 1. The largest absolute Gasteiger partial charge is 0.493 e. The van der Waals surface area contributed by atoms with E-state index in [1.807, 2.05) is 0 Å². The predicted molar refractivity (Wildman–Crippen MR) is 97.4 cm³/mol. The van der Waals surface area contributed by atoms with Crippen LogP contribution in [0.1, 0.15) is 55.7 Å². The van der Waals surface area contributed by atoms with Crippen LogP contribution < -0.4 is 10.1 Å². The van der Waals surface area contributed by atoms with Crippen molar-refractivity contribution in [1.82, 2.24) is 5.32 Å². The molecule has 2 unspecified atom stereocenters. The Hall–Kier alpha value is -1.26. The van der Waals surface area contributed by atoms with Crippen molar-refractivity contribution in [1.29, 1.82) is 0 Å². The van der Waals surface area contributed by atoms with Crippen LogP contribution in [-0.4, -0.2) is 29.8 Å². The summed E-state index contributed by atoms with van der Waals surface area (Å²) in [6.45, 7) is 3.04. The van der Waals surface area contributed by atoms with Gasteiger partial charge in [-0.1, -0.05) is 12.5 Å². The van der Waals surface area contributed by atoms with E-state index in [1.54, 1.807) is 0 Å². The van der Waals surface area contributed by atoms with Gasteiger partial charge in [0.25, 0.3) is 0 Å². The number of hydrogen-bond acceptors (Lipinski definition) is 3. The van der Waals surface area contributed by atoms with Gasteiger partial charge in [0.1, 0.15) is 5.75 Å². The van der Waals surface area contributed by atoms with Gasteiger partial charge in [-0.2, -0.15) is 0 Å². The lowest BCUT2D eigenvalue weighted by Gasteiger charge is -2.29. The molecule has 3 rings (SSSR count). The molecular formula is C19H28ClNO3. The van der Waals surface area contributed by atoms with Crippen LogP contribution in [0.3, 0.4) is 0 Å². The van der Waals surface area contributed by atoms with Crippen molar-refractivity contribution in [3.63, 3.8) is 0 Å². The second-order valence-electron chi connectivity index (χ2n) is 6.97. The summed E-state index contributed by atoms with van der Waals surface area (Å²) in [5.41, 5.74) is 4.32. The molecule has 1 aromatic rings. The summed E-state index contributed by atoms with van der Waals surface area (Å²) in [7, 11) is 0. The van der Waals surface area contributed by atoms with Gasteiger partial charge in [-0.05, 0) is 61.8 Å². The molecule has 0 fully saturated rings. The molecule has 1 aromatic carbocycles. The van der Waals surface area contributed by atoms with Gasteiger partial charge < -0.3 is 15.2 Å². The average Bonchev–Trinajstić information content (AvgIpc) is 2.96. The predicted octanol–water partition coefficient (Wildman–Crippen LogP) is 3.52. The zero-order valence-corrected chi connectivity index (χ0v) is 15.2. The lowest BCUT2D eigenvalue weighted by atomic mass is 9.86. The Morgan fingerprint density at radius 3 is 2.92 bits per heavy atom. The van der Waals surface area contributed by atoms with Gasteiger partial charge in [0.05, 0.1) is 6.61 Å². The lowest BCUT2D eigenvalue weighted by Crippen LogP contribution is -2.40. The number of carbonyl (C=O) groups is 1. The first-order chi connectivity index (χ1) is 11.1. The Morgan fingerprint density at radius 1 is 1.29 bits per heavy atom. The van der Waals surface area contributed by atoms with E-state index in [4.69, 9.17) is 9.84 Å². The number of benzene rings is 1. The first-order valence-electron chi connectivity index (χ1n) is 8.87. The van der Waals surface area contributed by atoms with E-state index in [2.05, 4.69) is 24.4 Å². The fourth-order valence-electron chi connectivity index (χ4n) is 3.79. The van der Waals surface area contributed by atoms with Crippen molar-refractivity contribution in [2.45, 2.75) is 70.4 Å². The van der Waals surface area contributed by atoms with Gasteiger partial charge in [0.15, 0.2) is 0 Å². The number of aryl methyl sites for hydroxylation is 1. The van der Waals surface area contributed by atoms with Gasteiger partial charge in [-0.15, -0.1) is 12.4 Å². The molecule has 0 amide bonds. The maximum Gasteiger partial charge on any atom is 0.303 e. The molecule has 2 N–H and O–H groups in total. The number of aliphatic carboxylic acids is 1. The molecule has 0 aromatic heterocycles. The van der Waals surface area contributed by atoms with Crippen molar-refractivity contribution >= 4 is 18.4 Å². The zero-order chi connectivity index (χ0) is 16.2. The van der Waals surface area contributed by atoms with Crippen LogP contribution in [0.25, 0.3) is 0 Å². The quantitative estimate of drug-likeness (QED) is 0.736. The number of carboxylic acids is 1. The van der Waals surface area contributed by atoms with Crippen LogP contribution in [0.2, 0.25) is 0 Å². The molecule has 0 spiro atoms. The number of ether oxygens (including phenoxy) is 1. The number of fused-ring (bicyclic) bond motifs is 2. The summed E-state index contributed by atoms with van der Waals surface area (Å²) in [4.78, 5) is 10.5. The maximum absolute atomic E-state index is 10.5. The highest BCUT2D eigenvalue weighted by atomic mass is 35.5. The summed E-state index contributed by atoms with van der Waals surface area (Å²) in [6, 6.07) is 5.57. The van der Waals surface area contributed by atoms with Gasteiger partial charge in [-0.25, -0.2) is 0 Å². The zero-order valence-electron chi connectivity index (χ0n) is 14.3. The minimum absolute atomic E-state index is 0. The molecule has 2 atom stereocenters. The molecular weight excluding hydrogens is 326 g/mol. The van der Waals surface area contributed by atoms with E-state index < -0.39 is 5.97 Å². The van der Waals surface area contributed by atoms with Gasteiger partial charge in [-0.3, -0.25) is 4.79 Å². The van der Waals surface area contributed by atoms with Crippen LogP contribution >= 0.6 is 12.4 Å². The first kappa shape index (κ1) is 19.1. The first-order valence-corrected chi connectivity index (χ1v) is 8.87. The lowest BCUT2D eigenvalue weighted by molar-refractivity contribution is -0.137. The van der Waals surface area contributed by atoms with Crippen molar-refractivity contribution in [2.75, 3.05) is 6.61 Å². The summed E-state index contributed by atoms with van der Waals surface area (Å²) >= 11 is 0.